The molecule has 2 aromatic heterocycles. The van der Waals surface area contributed by atoms with Crippen LogP contribution in [0.25, 0.3) is 22.2 Å². The molecule has 0 aliphatic carbocycles. The summed E-state index contributed by atoms with van der Waals surface area (Å²) in [7, 11) is 0. The van der Waals surface area contributed by atoms with E-state index in [0.29, 0.717) is 16.9 Å². The predicted molar refractivity (Wildman–Crippen MR) is 66.1 cm³/mol. The van der Waals surface area contributed by atoms with E-state index in [9.17, 15) is 0 Å². The lowest BCUT2D eigenvalue weighted by Gasteiger charge is -2.00. The maximum atomic E-state index is 5.85. The zero-order valence-electron chi connectivity index (χ0n) is 8.92. The molecule has 0 bridgehead atoms. The molecular formula is C12H10N4O. The van der Waals surface area contributed by atoms with Crippen molar-refractivity contribution in [1.82, 2.24) is 9.97 Å². The molecule has 0 unspecified atom stereocenters. The van der Waals surface area contributed by atoms with Crippen molar-refractivity contribution in [2.45, 2.75) is 0 Å². The molecule has 3 rings (SSSR count). The van der Waals surface area contributed by atoms with Crippen molar-refractivity contribution in [1.29, 1.82) is 0 Å². The maximum absolute atomic E-state index is 5.85. The Labute approximate surface area is 97.1 Å². The molecule has 17 heavy (non-hydrogen) atoms. The minimum atomic E-state index is 0.115. The number of hydrogen-bond acceptors (Lipinski definition) is 5. The van der Waals surface area contributed by atoms with Gasteiger partial charge in [-0.3, -0.25) is 0 Å². The highest BCUT2D eigenvalue weighted by atomic mass is 16.3. The van der Waals surface area contributed by atoms with Crippen LogP contribution in [0.4, 0.5) is 11.8 Å². The highest BCUT2D eigenvalue weighted by Crippen LogP contribution is 2.32. The predicted octanol–water partition coefficient (Wildman–Crippen LogP) is 2.05. The summed E-state index contributed by atoms with van der Waals surface area (Å²) in [5.41, 5.74) is 13.6. The Bertz CT molecular complexity index is 676. The Morgan fingerprint density at radius 1 is 1.00 bits per heavy atom. The zero-order valence-corrected chi connectivity index (χ0v) is 8.92. The maximum Gasteiger partial charge on any atom is 0.233 e. The van der Waals surface area contributed by atoms with Gasteiger partial charge >= 0.3 is 0 Å². The molecule has 0 aliphatic heterocycles. The van der Waals surface area contributed by atoms with Crippen LogP contribution in [-0.2, 0) is 0 Å². The van der Waals surface area contributed by atoms with Gasteiger partial charge in [0.15, 0.2) is 0 Å². The summed E-state index contributed by atoms with van der Waals surface area (Å²) in [6.07, 6.45) is 1.62. The first-order valence-electron chi connectivity index (χ1n) is 5.11. The number of furan rings is 1. The van der Waals surface area contributed by atoms with E-state index in [2.05, 4.69) is 9.97 Å². The van der Waals surface area contributed by atoms with Gasteiger partial charge < -0.3 is 15.9 Å². The van der Waals surface area contributed by atoms with Gasteiger partial charge in [-0.05, 0) is 5.56 Å². The number of nitrogens with two attached hydrogens (primary N) is 2. The Hall–Kier alpha value is -2.56. The van der Waals surface area contributed by atoms with Crippen LogP contribution in [0, 0.1) is 0 Å². The van der Waals surface area contributed by atoms with E-state index < -0.39 is 0 Å². The molecule has 0 saturated heterocycles. The lowest BCUT2D eigenvalue weighted by molar-refractivity contribution is 0.604. The van der Waals surface area contributed by atoms with Gasteiger partial charge in [0.05, 0.1) is 5.39 Å². The standard InChI is InChI=1S/C12H10N4O/c13-10-9-8(7-4-2-1-3-5-7)6-17-11(9)16-12(14)15-10/h1-6H,(H4,13,14,15,16). The van der Waals surface area contributed by atoms with Gasteiger partial charge in [0.1, 0.15) is 12.1 Å². The smallest absolute Gasteiger partial charge is 0.233 e. The van der Waals surface area contributed by atoms with E-state index in [0.717, 1.165) is 11.1 Å². The summed E-state index contributed by atoms with van der Waals surface area (Å²) in [4.78, 5) is 7.95. The second-order valence-electron chi connectivity index (χ2n) is 3.66. The Morgan fingerprint density at radius 3 is 2.53 bits per heavy atom. The van der Waals surface area contributed by atoms with E-state index in [1.165, 1.54) is 0 Å². The van der Waals surface area contributed by atoms with Crippen LogP contribution >= 0.6 is 0 Å². The number of hydrogen-bond donors (Lipinski definition) is 2. The van der Waals surface area contributed by atoms with Crippen LogP contribution in [-0.4, -0.2) is 9.97 Å². The van der Waals surface area contributed by atoms with Crippen LogP contribution in [0.1, 0.15) is 0 Å². The second-order valence-corrected chi connectivity index (χ2v) is 3.66. The SMILES string of the molecule is Nc1nc(N)c2c(-c3ccccc3)coc2n1. The summed E-state index contributed by atoms with van der Waals surface area (Å²) in [5.74, 6) is 0.448. The molecular weight excluding hydrogens is 216 g/mol. The molecule has 0 aliphatic rings. The monoisotopic (exact) mass is 226 g/mol. The van der Waals surface area contributed by atoms with Gasteiger partial charge in [-0.2, -0.15) is 9.97 Å². The molecule has 0 atom stereocenters. The van der Waals surface area contributed by atoms with Gasteiger partial charge in [0.2, 0.25) is 11.7 Å². The molecule has 2 heterocycles. The third kappa shape index (κ3) is 1.48. The van der Waals surface area contributed by atoms with Crippen LogP contribution in [0.3, 0.4) is 0 Å². The van der Waals surface area contributed by atoms with Crippen molar-refractivity contribution in [2.75, 3.05) is 11.5 Å². The van der Waals surface area contributed by atoms with Crippen molar-refractivity contribution in [2.24, 2.45) is 0 Å². The van der Waals surface area contributed by atoms with Crippen molar-refractivity contribution < 1.29 is 4.42 Å². The fourth-order valence-electron chi connectivity index (χ4n) is 1.82. The molecule has 0 radical (unpaired) electrons. The lowest BCUT2D eigenvalue weighted by atomic mass is 10.1. The number of nitrogen functional groups attached to an aromatic ring is 2. The Morgan fingerprint density at radius 2 is 1.76 bits per heavy atom. The van der Waals surface area contributed by atoms with Crippen LogP contribution < -0.4 is 11.5 Å². The summed E-state index contributed by atoms with van der Waals surface area (Å²) in [6, 6.07) is 9.79. The molecule has 3 aromatic rings. The number of rotatable bonds is 1. The molecule has 1 aromatic carbocycles. The number of benzene rings is 1. The number of fused-ring (bicyclic) bond motifs is 1. The first kappa shape index (κ1) is 9.65. The first-order chi connectivity index (χ1) is 8.25. The minimum absolute atomic E-state index is 0.115. The van der Waals surface area contributed by atoms with Crippen molar-refractivity contribution in [3.8, 4) is 11.1 Å². The summed E-state index contributed by atoms with van der Waals surface area (Å²) in [5, 5.41) is 0.699. The molecule has 84 valence electrons. The Kier molecular flexibility index (Phi) is 1.98. The molecule has 0 amide bonds. The largest absolute Gasteiger partial charge is 0.445 e. The summed E-state index contributed by atoms with van der Waals surface area (Å²) in [6.45, 7) is 0. The number of nitrogens with zero attached hydrogens (tertiary/aromatic N) is 2. The van der Waals surface area contributed by atoms with E-state index in [4.69, 9.17) is 15.9 Å². The number of anilines is 2. The zero-order chi connectivity index (χ0) is 11.8. The normalized spacial score (nSPS) is 10.8. The van der Waals surface area contributed by atoms with Crippen LogP contribution in [0.5, 0.6) is 0 Å². The third-order valence-corrected chi connectivity index (χ3v) is 2.56. The number of aromatic nitrogens is 2. The highest BCUT2D eigenvalue weighted by Gasteiger charge is 2.13. The average Bonchev–Trinajstić information content (AvgIpc) is 2.74. The molecule has 0 fully saturated rings. The van der Waals surface area contributed by atoms with Crippen LogP contribution in [0.2, 0.25) is 0 Å². The fraction of sp³-hybridized carbons (Fsp3) is 0. The molecule has 5 heteroatoms. The second kappa shape index (κ2) is 3.48. The summed E-state index contributed by atoms with van der Waals surface area (Å²) >= 11 is 0. The van der Waals surface area contributed by atoms with E-state index in [1.807, 2.05) is 30.3 Å². The van der Waals surface area contributed by atoms with E-state index in [-0.39, 0.29) is 5.95 Å². The van der Waals surface area contributed by atoms with Gasteiger partial charge in [0, 0.05) is 5.56 Å². The molecule has 0 saturated carbocycles. The van der Waals surface area contributed by atoms with Crippen molar-refractivity contribution in [3.05, 3.63) is 36.6 Å². The molecule has 5 nitrogen and oxygen atoms in total. The lowest BCUT2D eigenvalue weighted by Crippen LogP contribution is -1.99. The third-order valence-electron chi connectivity index (χ3n) is 2.56. The van der Waals surface area contributed by atoms with Crippen molar-refractivity contribution in [3.63, 3.8) is 0 Å². The summed E-state index contributed by atoms with van der Waals surface area (Å²) < 4.78 is 5.35. The van der Waals surface area contributed by atoms with Crippen LogP contribution in [0.15, 0.2) is 41.0 Å². The highest BCUT2D eigenvalue weighted by molar-refractivity contribution is 5.99. The van der Waals surface area contributed by atoms with E-state index in [1.54, 1.807) is 6.26 Å². The van der Waals surface area contributed by atoms with Gasteiger partial charge in [0.25, 0.3) is 0 Å². The van der Waals surface area contributed by atoms with Gasteiger partial charge in [-0.25, -0.2) is 0 Å². The average molecular weight is 226 g/mol. The quantitative estimate of drug-likeness (QED) is 0.662. The van der Waals surface area contributed by atoms with E-state index >= 15 is 0 Å². The topological polar surface area (TPSA) is 91.0 Å². The van der Waals surface area contributed by atoms with Crippen molar-refractivity contribution >= 4 is 22.9 Å². The molecule has 0 spiro atoms. The minimum Gasteiger partial charge on any atom is -0.445 e. The van der Waals surface area contributed by atoms with Gasteiger partial charge in [-0.15, -0.1) is 0 Å². The first-order valence-corrected chi connectivity index (χ1v) is 5.11. The van der Waals surface area contributed by atoms with Gasteiger partial charge in [-0.1, -0.05) is 30.3 Å². The fourth-order valence-corrected chi connectivity index (χ4v) is 1.82. The molecule has 4 N–H and O–H groups in total. The Balaban J connectivity index is 2.32.